The summed E-state index contributed by atoms with van der Waals surface area (Å²) < 4.78 is 5.10. The Morgan fingerprint density at radius 1 is 1.33 bits per heavy atom. The number of nitrogens with zero attached hydrogens (tertiary/aromatic N) is 3. The number of ether oxygens (including phenoxy) is 1. The molecule has 6 heteroatoms. The first-order chi connectivity index (χ1) is 10.3. The van der Waals surface area contributed by atoms with Gasteiger partial charge >= 0.3 is 5.97 Å². The van der Waals surface area contributed by atoms with Gasteiger partial charge in [0.25, 0.3) is 0 Å². The fraction of sp³-hybridized carbons (Fsp3) is 0.200. The van der Waals surface area contributed by atoms with Crippen LogP contribution in [0.15, 0.2) is 42.9 Å². The van der Waals surface area contributed by atoms with Gasteiger partial charge in [0.2, 0.25) is 0 Å². The lowest BCUT2D eigenvalue weighted by Gasteiger charge is -2.08. The van der Waals surface area contributed by atoms with E-state index in [1.807, 2.05) is 12.1 Å². The second-order valence-electron chi connectivity index (χ2n) is 4.20. The molecule has 2 rings (SSSR count). The summed E-state index contributed by atoms with van der Waals surface area (Å²) in [6, 6.07) is 8.99. The van der Waals surface area contributed by atoms with Crippen LogP contribution in [-0.2, 0) is 16.0 Å². The van der Waals surface area contributed by atoms with Gasteiger partial charge in [0.15, 0.2) is 0 Å². The second-order valence-corrected chi connectivity index (χ2v) is 4.20. The van der Waals surface area contributed by atoms with Crippen LogP contribution in [0.2, 0.25) is 0 Å². The van der Waals surface area contributed by atoms with Crippen molar-refractivity contribution < 1.29 is 9.53 Å². The molecule has 0 aromatic carbocycles. The number of aromatic nitrogens is 2. The average Bonchev–Trinajstić information content (AvgIpc) is 2.53. The number of rotatable bonds is 6. The van der Waals surface area contributed by atoms with E-state index in [1.165, 1.54) is 0 Å². The Hall–Kier alpha value is -2.94. The summed E-state index contributed by atoms with van der Waals surface area (Å²) in [7, 11) is 0. The molecule has 0 spiro atoms. The molecule has 2 aromatic rings. The summed E-state index contributed by atoms with van der Waals surface area (Å²) in [5.74, 6) is 0.176. The number of hydrogen-bond donors (Lipinski definition) is 1. The van der Waals surface area contributed by atoms with Crippen molar-refractivity contribution in [2.45, 2.75) is 6.42 Å². The molecule has 0 saturated heterocycles. The highest BCUT2D eigenvalue weighted by atomic mass is 16.5. The minimum atomic E-state index is -0.314. The number of carbonyl (C=O) groups is 1. The lowest BCUT2D eigenvalue weighted by molar-refractivity contribution is -0.142. The number of nitrogens with one attached hydrogen (secondary N) is 1. The number of esters is 1. The molecule has 0 unspecified atom stereocenters. The predicted molar refractivity (Wildman–Crippen MR) is 76.3 cm³/mol. The van der Waals surface area contributed by atoms with E-state index in [4.69, 9.17) is 10.00 Å². The quantitative estimate of drug-likeness (QED) is 0.638. The first-order valence-electron chi connectivity index (χ1n) is 6.43. The van der Waals surface area contributed by atoms with Crippen LogP contribution < -0.4 is 5.32 Å². The molecule has 0 bridgehead atoms. The number of pyridine rings is 2. The van der Waals surface area contributed by atoms with Crippen LogP contribution in [0.25, 0.3) is 0 Å². The first-order valence-corrected chi connectivity index (χ1v) is 6.43. The summed E-state index contributed by atoms with van der Waals surface area (Å²) in [4.78, 5) is 19.6. The molecule has 21 heavy (non-hydrogen) atoms. The third-order valence-electron chi connectivity index (χ3n) is 2.66. The van der Waals surface area contributed by atoms with Gasteiger partial charge in [-0.25, -0.2) is 4.98 Å². The Balaban J connectivity index is 1.72. The Morgan fingerprint density at radius 2 is 2.19 bits per heavy atom. The van der Waals surface area contributed by atoms with Crippen LogP contribution >= 0.6 is 0 Å². The molecule has 0 aliphatic rings. The minimum Gasteiger partial charge on any atom is -0.464 e. The Morgan fingerprint density at radius 3 is 2.95 bits per heavy atom. The lowest BCUT2D eigenvalue weighted by atomic mass is 10.2. The molecule has 0 fully saturated rings. The van der Waals surface area contributed by atoms with Gasteiger partial charge < -0.3 is 10.1 Å². The van der Waals surface area contributed by atoms with Gasteiger partial charge in [-0.15, -0.1) is 0 Å². The number of anilines is 1. The first kappa shape index (κ1) is 14.5. The van der Waals surface area contributed by atoms with Crippen molar-refractivity contribution in [1.29, 1.82) is 5.26 Å². The van der Waals surface area contributed by atoms with Crippen LogP contribution in [-0.4, -0.2) is 29.1 Å². The highest BCUT2D eigenvalue weighted by Gasteiger charge is 2.05. The number of nitriles is 1. The maximum atomic E-state index is 11.6. The Kier molecular flexibility index (Phi) is 5.24. The molecule has 0 aliphatic heterocycles. The van der Waals surface area contributed by atoms with Crippen molar-refractivity contribution in [1.82, 2.24) is 9.97 Å². The van der Waals surface area contributed by atoms with Crippen molar-refractivity contribution in [2.24, 2.45) is 0 Å². The normalized spacial score (nSPS) is 9.67. The topological polar surface area (TPSA) is 87.9 Å². The summed E-state index contributed by atoms with van der Waals surface area (Å²) in [6.45, 7) is 0.602. The second kappa shape index (κ2) is 7.60. The molecular weight excluding hydrogens is 268 g/mol. The van der Waals surface area contributed by atoms with Gasteiger partial charge in [0.05, 0.1) is 18.5 Å². The van der Waals surface area contributed by atoms with E-state index in [0.717, 1.165) is 5.56 Å². The third-order valence-corrected chi connectivity index (χ3v) is 2.66. The maximum absolute atomic E-state index is 11.6. The predicted octanol–water partition coefficient (Wildman–Crippen LogP) is 1.55. The fourth-order valence-electron chi connectivity index (χ4n) is 1.69. The van der Waals surface area contributed by atoms with E-state index in [-0.39, 0.29) is 19.0 Å². The van der Waals surface area contributed by atoms with Crippen LogP contribution in [0.4, 0.5) is 5.82 Å². The van der Waals surface area contributed by atoms with Gasteiger partial charge in [-0.1, -0.05) is 6.07 Å². The lowest BCUT2D eigenvalue weighted by Crippen LogP contribution is -2.16. The molecule has 0 radical (unpaired) electrons. The fourth-order valence-corrected chi connectivity index (χ4v) is 1.69. The van der Waals surface area contributed by atoms with Gasteiger partial charge in [-0.05, 0) is 23.8 Å². The standard InChI is InChI=1S/C15H14N4O2/c16-10-13-4-2-6-18-15(13)19-7-8-21-14(20)9-12-3-1-5-17-11-12/h1-6,11H,7-9H2,(H,18,19). The summed E-state index contributed by atoms with van der Waals surface area (Å²) in [6.07, 6.45) is 5.07. The largest absolute Gasteiger partial charge is 0.464 e. The average molecular weight is 282 g/mol. The van der Waals surface area contributed by atoms with Crippen molar-refractivity contribution in [3.05, 3.63) is 54.0 Å². The molecular formula is C15H14N4O2. The molecule has 0 atom stereocenters. The third kappa shape index (κ3) is 4.58. The Labute approximate surface area is 122 Å². The van der Waals surface area contributed by atoms with Crippen LogP contribution in [0.3, 0.4) is 0 Å². The van der Waals surface area contributed by atoms with E-state index in [1.54, 1.807) is 36.8 Å². The molecule has 0 amide bonds. The molecule has 2 aromatic heterocycles. The molecule has 0 saturated carbocycles. The van der Waals surface area contributed by atoms with Crippen molar-refractivity contribution in [2.75, 3.05) is 18.5 Å². The molecule has 6 nitrogen and oxygen atoms in total. The van der Waals surface area contributed by atoms with E-state index >= 15 is 0 Å². The molecule has 1 N–H and O–H groups in total. The maximum Gasteiger partial charge on any atom is 0.310 e. The van der Waals surface area contributed by atoms with Crippen molar-refractivity contribution in [3.8, 4) is 6.07 Å². The van der Waals surface area contributed by atoms with Gasteiger partial charge in [-0.2, -0.15) is 5.26 Å². The highest BCUT2D eigenvalue weighted by molar-refractivity contribution is 5.72. The van der Waals surface area contributed by atoms with E-state index in [2.05, 4.69) is 15.3 Å². The highest BCUT2D eigenvalue weighted by Crippen LogP contribution is 2.08. The van der Waals surface area contributed by atoms with Gasteiger partial charge in [0.1, 0.15) is 18.5 Å². The minimum absolute atomic E-state index is 0.195. The van der Waals surface area contributed by atoms with Gasteiger partial charge in [0, 0.05) is 18.6 Å². The molecule has 0 aliphatic carbocycles. The van der Waals surface area contributed by atoms with Crippen LogP contribution in [0.1, 0.15) is 11.1 Å². The number of carbonyl (C=O) groups excluding carboxylic acids is 1. The summed E-state index contributed by atoms with van der Waals surface area (Å²) in [5, 5.41) is 11.9. The zero-order valence-electron chi connectivity index (χ0n) is 11.3. The van der Waals surface area contributed by atoms with E-state index < -0.39 is 0 Å². The summed E-state index contributed by atoms with van der Waals surface area (Å²) >= 11 is 0. The number of hydrogen-bond acceptors (Lipinski definition) is 6. The van der Waals surface area contributed by atoms with Crippen LogP contribution in [0.5, 0.6) is 0 Å². The monoisotopic (exact) mass is 282 g/mol. The zero-order chi connectivity index (χ0) is 14.9. The van der Waals surface area contributed by atoms with Gasteiger partial charge in [-0.3, -0.25) is 9.78 Å². The van der Waals surface area contributed by atoms with Crippen molar-refractivity contribution in [3.63, 3.8) is 0 Å². The zero-order valence-corrected chi connectivity index (χ0v) is 11.3. The Bertz CT molecular complexity index is 638. The SMILES string of the molecule is N#Cc1cccnc1NCCOC(=O)Cc1cccnc1. The smallest absolute Gasteiger partial charge is 0.310 e. The summed E-state index contributed by atoms with van der Waals surface area (Å²) in [5.41, 5.74) is 1.27. The molecule has 2 heterocycles. The van der Waals surface area contributed by atoms with Crippen molar-refractivity contribution >= 4 is 11.8 Å². The van der Waals surface area contributed by atoms with E-state index in [0.29, 0.717) is 17.9 Å². The van der Waals surface area contributed by atoms with Crippen LogP contribution in [0, 0.1) is 11.3 Å². The van der Waals surface area contributed by atoms with E-state index in [9.17, 15) is 4.79 Å². The molecule has 106 valence electrons.